The van der Waals surface area contributed by atoms with Gasteiger partial charge in [0.25, 0.3) is 10.9 Å². The van der Waals surface area contributed by atoms with Gasteiger partial charge < -0.3 is 0 Å². The molecule has 0 fully saturated rings. The second kappa shape index (κ2) is 4.25. The van der Waals surface area contributed by atoms with Gasteiger partial charge in [0.05, 0.1) is 9.95 Å². The molecule has 4 nitrogen and oxygen atoms in total. The third kappa shape index (κ3) is 2.23. The van der Waals surface area contributed by atoms with Crippen molar-refractivity contribution in [2.24, 2.45) is 0 Å². The first-order chi connectivity index (χ1) is 6.43. The second-order valence-corrected chi connectivity index (χ2v) is 3.92. The smallest absolute Gasteiger partial charge is 0.275 e. The Morgan fingerprint density at radius 1 is 1.50 bits per heavy atom. The fraction of sp³-hybridized carbons (Fsp3) is 0. The van der Waals surface area contributed by atoms with Gasteiger partial charge in [-0.2, -0.15) is 0 Å². The maximum atomic E-state index is 10.8. The van der Waals surface area contributed by atoms with Crippen LogP contribution in [0.25, 0.3) is 0 Å². The number of carbonyl (C=O) groups excluding carboxylic acids is 1. The number of halogens is 3. The Morgan fingerprint density at radius 3 is 2.50 bits per heavy atom. The zero-order chi connectivity index (χ0) is 10.9. The molecular weight excluding hydrogens is 297 g/mol. The lowest BCUT2D eigenvalue weighted by molar-refractivity contribution is -0.385. The van der Waals surface area contributed by atoms with Crippen molar-refractivity contribution in [2.45, 2.75) is 0 Å². The minimum atomic E-state index is -0.911. The fourth-order valence-electron chi connectivity index (χ4n) is 0.845. The summed E-state index contributed by atoms with van der Waals surface area (Å²) in [4.78, 5) is 20.6. The lowest BCUT2D eigenvalue weighted by Gasteiger charge is -2.00. The van der Waals surface area contributed by atoms with Crippen LogP contribution in [0.2, 0.25) is 5.02 Å². The molecule has 0 N–H and O–H groups in total. The summed E-state index contributed by atoms with van der Waals surface area (Å²) in [5.74, 6) is 0. The maximum absolute atomic E-state index is 10.8. The van der Waals surface area contributed by atoms with Crippen LogP contribution in [0, 0.1) is 10.1 Å². The van der Waals surface area contributed by atoms with E-state index in [9.17, 15) is 14.9 Å². The molecule has 0 bridgehead atoms. The molecule has 0 aromatic heterocycles. The van der Waals surface area contributed by atoms with Crippen LogP contribution in [-0.4, -0.2) is 10.2 Å². The Balaban J connectivity index is 3.46. The molecule has 0 saturated heterocycles. The fourth-order valence-corrected chi connectivity index (χ4v) is 1.49. The van der Waals surface area contributed by atoms with Crippen LogP contribution >= 0.6 is 39.1 Å². The predicted octanol–water partition coefficient (Wildman–Crippen LogP) is 3.39. The van der Waals surface area contributed by atoms with Gasteiger partial charge in [0.15, 0.2) is 0 Å². The van der Waals surface area contributed by atoms with Crippen LogP contribution < -0.4 is 0 Å². The molecule has 1 rings (SSSR count). The summed E-state index contributed by atoms with van der Waals surface area (Å²) in [6, 6.07) is 2.29. The monoisotopic (exact) mass is 297 g/mol. The maximum Gasteiger partial charge on any atom is 0.282 e. The van der Waals surface area contributed by atoms with Gasteiger partial charge in [-0.25, -0.2) is 0 Å². The molecule has 0 aliphatic heterocycles. The van der Waals surface area contributed by atoms with Crippen molar-refractivity contribution in [1.82, 2.24) is 0 Å². The van der Waals surface area contributed by atoms with E-state index in [-0.39, 0.29) is 16.3 Å². The van der Waals surface area contributed by atoms with Crippen molar-refractivity contribution in [2.75, 3.05) is 0 Å². The Kier molecular flexibility index (Phi) is 3.47. The van der Waals surface area contributed by atoms with E-state index in [2.05, 4.69) is 15.9 Å². The van der Waals surface area contributed by atoms with Crippen molar-refractivity contribution in [3.8, 4) is 0 Å². The van der Waals surface area contributed by atoms with E-state index >= 15 is 0 Å². The molecule has 1 aromatic rings. The summed E-state index contributed by atoms with van der Waals surface area (Å²) in [6.07, 6.45) is 0. The first-order valence-corrected chi connectivity index (χ1v) is 4.81. The van der Waals surface area contributed by atoms with Crippen molar-refractivity contribution < 1.29 is 9.72 Å². The second-order valence-electron chi connectivity index (χ2n) is 2.31. The molecule has 0 aliphatic rings. The average molecular weight is 299 g/mol. The van der Waals surface area contributed by atoms with Crippen molar-refractivity contribution in [3.05, 3.63) is 37.3 Å². The Hall–Kier alpha value is -0.650. The molecule has 0 saturated carbocycles. The third-order valence-electron chi connectivity index (χ3n) is 1.45. The molecule has 0 atom stereocenters. The first kappa shape index (κ1) is 11.4. The number of carbonyl (C=O) groups is 1. The standard InChI is InChI=1S/C7H2BrCl2NO3/c8-4-2-6(11(13)14)3(7(10)12)1-5(4)9/h1-2H. The highest BCUT2D eigenvalue weighted by Gasteiger charge is 2.20. The van der Waals surface area contributed by atoms with Crippen molar-refractivity contribution in [1.29, 1.82) is 0 Å². The summed E-state index contributed by atoms with van der Waals surface area (Å²) in [5, 5.41) is 9.80. The van der Waals surface area contributed by atoms with Crippen LogP contribution in [0.1, 0.15) is 10.4 Å². The van der Waals surface area contributed by atoms with E-state index in [0.717, 1.165) is 12.1 Å². The zero-order valence-corrected chi connectivity index (χ0v) is 9.56. The number of nitro groups is 1. The van der Waals surface area contributed by atoms with Gasteiger partial charge >= 0.3 is 0 Å². The van der Waals surface area contributed by atoms with Crippen molar-refractivity contribution >= 4 is 50.1 Å². The highest BCUT2D eigenvalue weighted by atomic mass is 79.9. The molecule has 0 radical (unpaired) electrons. The van der Waals surface area contributed by atoms with Crippen molar-refractivity contribution in [3.63, 3.8) is 0 Å². The predicted molar refractivity (Wildman–Crippen MR) is 56.0 cm³/mol. The number of nitro benzene ring substituents is 1. The highest BCUT2D eigenvalue weighted by molar-refractivity contribution is 9.10. The third-order valence-corrected chi connectivity index (χ3v) is 2.85. The van der Waals surface area contributed by atoms with Gasteiger partial charge in [0, 0.05) is 10.5 Å². The van der Waals surface area contributed by atoms with Gasteiger partial charge in [-0.15, -0.1) is 0 Å². The number of rotatable bonds is 2. The summed E-state index contributed by atoms with van der Waals surface area (Å²) in [5.41, 5.74) is -0.592. The summed E-state index contributed by atoms with van der Waals surface area (Å²) < 4.78 is 0.340. The summed E-state index contributed by atoms with van der Waals surface area (Å²) in [6.45, 7) is 0. The number of benzene rings is 1. The van der Waals surface area contributed by atoms with E-state index in [0.29, 0.717) is 4.47 Å². The van der Waals surface area contributed by atoms with Crippen LogP contribution in [0.3, 0.4) is 0 Å². The number of hydrogen-bond donors (Lipinski definition) is 0. The van der Waals surface area contributed by atoms with Gasteiger partial charge in [0.2, 0.25) is 0 Å². The van der Waals surface area contributed by atoms with Gasteiger partial charge in [-0.1, -0.05) is 11.6 Å². The van der Waals surface area contributed by atoms with Gasteiger partial charge in [-0.3, -0.25) is 14.9 Å². The molecule has 74 valence electrons. The lowest BCUT2D eigenvalue weighted by Crippen LogP contribution is -1.98. The topological polar surface area (TPSA) is 60.2 Å². The van der Waals surface area contributed by atoms with E-state index in [1.807, 2.05) is 0 Å². The number of nitrogens with zero attached hydrogens (tertiary/aromatic N) is 1. The Morgan fingerprint density at radius 2 is 2.07 bits per heavy atom. The average Bonchev–Trinajstić information content (AvgIpc) is 2.08. The largest absolute Gasteiger partial charge is 0.282 e. The van der Waals surface area contributed by atoms with Crippen LogP contribution in [0.4, 0.5) is 5.69 Å². The molecule has 0 amide bonds. The molecule has 0 heterocycles. The summed E-state index contributed by atoms with van der Waals surface area (Å²) >= 11 is 13.8. The number of hydrogen-bond acceptors (Lipinski definition) is 3. The summed E-state index contributed by atoms with van der Waals surface area (Å²) in [7, 11) is 0. The molecule has 7 heteroatoms. The molecule has 0 unspecified atom stereocenters. The Bertz CT molecular complexity index is 383. The van der Waals surface area contributed by atoms with Crippen LogP contribution in [0.15, 0.2) is 16.6 Å². The molecule has 1 aromatic carbocycles. The van der Waals surface area contributed by atoms with Gasteiger partial charge in [0.1, 0.15) is 5.56 Å². The van der Waals surface area contributed by atoms with Crippen LogP contribution in [-0.2, 0) is 0 Å². The SMILES string of the molecule is O=C(Cl)c1cc(Cl)c(Br)cc1[N+](=O)[O-]. The minimum absolute atomic E-state index is 0.194. The normalized spacial score (nSPS) is 9.93. The molecule has 14 heavy (non-hydrogen) atoms. The van der Waals surface area contributed by atoms with Gasteiger partial charge in [-0.05, 0) is 33.6 Å². The van der Waals surface area contributed by atoms with Crippen LogP contribution in [0.5, 0.6) is 0 Å². The molecular formula is C7H2BrCl2NO3. The molecule has 0 aliphatic carbocycles. The Labute approximate surface area is 97.1 Å². The minimum Gasteiger partial charge on any atom is -0.275 e. The van der Waals surface area contributed by atoms with E-state index < -0.39 is 10.2 Å². The quantitative estimate of drug-likeness (QED) is 0.478. The first-order valence-electron chi connectivity index (χ1n) is 3.26. The van der Waals surface area contributed by atoms with E-state index in [1.165, 1.54) is 0 Å². The lowest BCUT2D eigenvalue weighted by atomic mass is 10.2. The van der Waals surface area contributed by atoms with E-state index in [4.69, 9.17) is 23.2 Å². The zero-order valence-electron chi connectivity index (χ0n) is 6.46. The van der Waals surface area contributed by atoms with E-state index in [1.54, 1.807) is 0 Å². The highest BCUT2D eigenvalue weighted by Crippen LogP contribution is 2.31. The molecule has 0 spiro atoms.